The molecule has 112 valence electrons. The maximum atomic E-state index is 12.9. The Morgan fingerprint density at radius 1 is 1.10 bits per heavy atom. The van der Waals surface area contributed by atoms with Crippen molar-refractivity contribution in [2.24, 2.45) is 0 Å². The minimum absolute atomic E-state index is 0.246. The number of benzene rings is 2. The summed E-state index contributed by atoms with van der Waals surface area (Å²) in [7, 11) is 1.62. The van der Waals surface area contributed by atoms with Crippen LogP contribution in [0.25, 0.3) is 0 Å². The normalized spacial score (nSPS) is 10.4. The Balaban J connectivity index is 2.14. The third kappa shape index (κ3) is 4.20. The van der Waals surface area contributed by atoms with E-state index in [1.54, 1.807) is 19.2 Å². The standard InChI is InChI=1S/C17H20FNO2/c1-3-19-11-14-5-4-6-16(20-2)17(14)21-12-13-7-9-15(18)10-8-13/h4-10,19H,3,11-12H2,1-2H3. The van der Waals surface area contributed by atoms with Crippen molar-refractivity contribution < 1.29 is 13.9 Å². The molecule has 0 heterocycles. The molecule has 0 aliphatic heterocycles. The van der Waals surface area contributed by atoms with Crippen molar-refractivity contribution in [1.29, 1.82) is 0 Å². The number of methoxy groups -OCH3 is 1. The van der Waals surface area contributed by atoms with Crippen molar-refractivity contribution in [3.8, 4) is 11.5 Å². The lowest BCUT2D eigenvalue weighted by Gasteiger charge is -2.15. The SMILES string of the molecule is CCNCc1cccc(OC)c1OCc1ccc(F)cc1. The lowest BCUT2D eigenvalue weighted by molar-refractivity contribution is 0.280. The first-order valence-corrected chi connectivity index (χ1v) is 6.98. The molecule has 0 aliphatic rings. The van der Waals surface area contributed by atoms with E-state index in [1.807, 2.05) is 18.2 Å². The number of hydrogen-bond donors (Lipinski definition) is 1. The van der Waals surface area contributed by atoms with Gasteiger partial charge in [-0.3, -0.25) is 0 Å². The average molecular weight is 289 g/mol. The second-order valence-electron chi connectivity index (χ2n) is 4.64. The lowest BCUT2D eigenvalue weighted by Crippen LogP contribution is -2.13. The van der Waals surface area contributed by atoms with E-state index in [0.717, 1.165) is 23.4 Å². The Bertz CT molecular complexity index is 570. The molecule has 0 aromatic heterocycles. The minimum Gasteiger partial charge on any atom is -0.493 e. The predicted molar refractivity (Wildman–Crippen MR) is 81.1 cm³/mol. The van der Waals surface area contributed by atoms with E-state index in [1.165, 1.54) is 12.1 Å². The number of ether oxygens (including phenoxy) is 2. The van der Waals surface area contributed by atoms with Gasteiger partial charge in [0.2, 0.25) is 0 Å². The molecule has 0 amide bonds. The number of nitrogens with one attached hydrogen (secondary N) is 1. The van der Waals surface area contributed by atoms with Gasteiger partial charge in [-0.05, 0) is 30.3 Å². The molecule has 0 saturated heterocycles. The molecular formula is C17H20FNO2. The van der Waals surface area contributed by atoms with E-state index in [-0.39, 0.29) is 5.82 Å². The minimum atomic E-state index is -0.246. The van der Waals surface area contributed by atoms with Gasteiger partial charge in [0.1, 0.15) is 12.4 Å². The quantitative estimate of drug-likeness (QED) is 0.846. The highest BCUT2D eigenvalue weighted by molar-refractivity contribution is 5.46. The number of para-hydroxylation sites is 1. The molecule has 2 rings (SSSR count). The summed E-state index contributed by atoms with van der Waals surface area (Å²) in [5.74, 6) is 1.18. The fraction of sp³-hybridized carbons (Fsp3) is 0.294. The first-order chi connectivity index (χ1) is 10.2. The van der Waals surface area contributed by atoms with E-state index in [9.17, 15) is 4.39 Å². The van der Waals surface area contributed by atoms with Gasteiger partial charge in [-0.2, -0.15) is 0 Å². The summed E-state index contributed by atoms with van der Waals surface area (Å²) < 4.78 is 24.2. The molecule has 3 nitrogen and oxygen atoms in total. The van der Waals surface area contributed by atoms with Crippen LogP contribution in [0, 0.1) is 5.82 Å². The molecule has 4 heteroatoms. The van der Waals surface area contributed by atoms with Crippen LogP contribution < -0.4 is 14.8 Å². The summed E-state index contributed by atoms with van der Waals surface area (Å²) in [4.78, 5) is 0. The van der Waals surface area contributed by atoms with Crippen LogP contribution in [0.4, 0.5) is 4.39 Å². The van der Waals surface area contributed by atoms with Gasteiger partial charge < -0.3 is 14.8 Å². The fourth-order valence-electron chi connectivity index (χ4n) is 2.02. The maximum Gasteiger partial charge on any atom is 0.166 e. The topological polar surface area (TPSA) is 30.5 Å². The zero-order chi connectivity index (χ0) is 15.1. The first kappa shape index (κ1) is 15.3. The molecule has 0 atom stereocenters. The Hall–Kier alpha value is -2.07. The summed E-state index contributed by atoms with van der Waals surface area (Å²) in [5.41, 5.74) is 1.95. The molecule has 0 radical (unpaired) electrons. The van der Waals surface area contributed by atoms with E-state index in [4.69, 9.17) is 9.47 Å². The van der Waals surface area contributed by atoms with Crippen molar-refractivity contribution >= 4 is 0 Å². The maximum absolute atomic E-state index is 12.9. The molecule has 0 fully saturated rings. The van der Waals surface area contributed by atoms with Crippen LogP contribution in [-0.2, 0) is 13.2 Å². The van der Waals surface area contributed by atoms with Crippen LogP contribution >= 0.6 is 0 Å². The van der Waals surface area contributed by atoms with Gasteiger partial charge in [0.15, 0.2) is 11.5 Å². The first-order valence-electron chi connectivity index (χ1n) is 6.98. The summed E-state index contributed by atoms with van der Waals surface area (Å²) in [5, 5.41) is 3.28. The monoisotopic (exact) mass is 289 g/mol. The smallest absolute Gasteiger partial charge is 0.166 e. The summed E-state index contributed by atoms with van der Waals surface area (Å²) in [6.07, 6.45) is 0. The second-order valence-corrected chi connectivity index (χ2v) is 4.64. The molecule has 2 aromatic carbocycles. The van der Waals surface area contributed by atoms with Gasteiger partial charge in [0.05, 0.1) is 7.11 Å². The van der Waals surface area contributed by atoms with Crippen molar-refractivity contribution in [1.82, 2.24) is 5.32 Å². The molecule has 0 aliphatic carbocycles. The van der Waals surface area contributed by atoms with Gasteiger partial charge in [-0.15, -0.1) is 0 Å². The van der Waals surface area contributed by atoms with Crippen LogP contribution in [0.2, 0.25) is 0 Å². The van der Waals surface area contributed by atoms with Gasteiger partial charge in [0, 0.05) is 12.1 Å². The Morgan fingerprint density at radius 2 is 1.86 bits per heavy atom. The van der Waals surface area contributed by atoms with Gasteiger partial charge in [-0.1, -0.05) is 31.2 Å². The number of hydrogen-bond acceptors (Lipinski definition) is 3. The van der Waals surface area contributed by atoms with Gasteiger partial charge >= 0.3 is 0 Å². The van der Waals surface area contributed by atoms with Crippen molar-refractivity contribution in [2.75, 3.05) is 13.7 Å². The Labute approximate surface area is 124 Å². The van der Waals surface area contributed by atoms with Gasteiger partial charge in [0.25, 0.3) is 0 Å². The Kier molecular flexibility index (Phi) is 5.58. The lowest BCUT2D eigenvalue weighted by atomic mass is 10.1. The largest absolute Gasteiger partial charge is 0.493 e. The van der Waals surface area contributed by atoms with E-state index in [0.29, 0.717) is 18.9 Å². The highest BCUT2D eigenvalue weighted by Crippen LogP contribution is 2.31. The molecule has 21 heavy (non-hydrogen) atoms. The van der Waals surface area contributed by atoms with Crippen LogP contribution in [0.5, 0.6) is 11.5 Å². The van der Waals surface area contributed by atoms with Gasteiger partial charge in [-0.25, -0.2) is 4.39 Å². The van der Waals surface area contributed by atoms with Crippen LogP contribution in [-0.4, -0.2) is 13.7 Å². The van der Waals surface area contributed by atoms with Crippen molar-refractivity contribution in [3.63, 3.8) is 0 Å². The molecular weight excluding hydrogens is 269 g/mol. The molecule has 0 saturated carbocycles. The molecule has 0 unspecified atom stereocenters. The highest BCUT2D eigenvalue weighted by Gasteiger charge is 2.10. The molecule has 0 bridgehead atoms. The number of halogens is 1. The fourth-order valence-corrected chi connectivity index (χ4v) is 2.02. The zero-order valence-electron chi connectivity index (χ0n) is 12.4. The molecule has 0 spiro atoms. The Morgan fingerprint density at radius 3 is 2.52 bits per heavy atom. The van der Waals surface area contributed by atoms with Crippen LogP contribution in [0.15, 0.2) is 42.5 Å². The summed E-state index contributed by atoms with van der Waals surface area (Å²) in [6.45, 7) is 4.03. The van der Waals surface area contributed by atoms with E-state index in [2.05, 4.69) is 12.2 Å². The summed E-state index contributed by atoms with van der Waals surface area (Å²) >= 11 is 0. The van der Waals surface area contributed by atoms with Crippen LogP contribution in [0.3, 0.4) is 0 Å². The van der Waals surface area contributed by atoms with Crippen LogP contribution in [0.1, 0.15) is 18.1 Å². The zero-order valence-corrected chi connectivity index (χ0v) is 12.4. The van der Waals surface area contributed by atoms with E-state index < -0.39 is 0 Å². The highest BCUT2D eigenvalue weighted by atomic mass is 19.1. The third-order valence-electron chi connectivity index (χ3n) is 3.14. The number of rotatable bonds is 7. The summed E-state index contributed by atoms with van der Waals surface area (Å²) in [6, 6.07) is 12.1. The van der Waals surface area contributed by atoms with E-state index >= 15 is 0 Å². The molecule has 1 N–H and O–H groups in total. The third-order valence-corrected chi connectivity index (χ3v) is 3.14. The second kappa shape index (κ2) is 7.64. The van der Waals surface area contributed by atoms with Crippen molar-refractivity contribution in [2.45, 2.75) is 20.1 Å². The predicted octanol–water partition coefficient (Wildman–Crippen LogP) is 3.52. The average Bonchev–Trinajstić information content (AvgIpc) is 2.52. The molecule has 2 aromatic rings. The van der Waals surface area contributed by atoms with Crippen molar-refractivity contribution in [3.05, 3.63) is 59.4 Å².